The van der Waals surface area contributed by atoms with Crippen molar-refractivity contribution in [1.82, 2.24) is 0 Å². The molecule has 8 aromatic rings. The van der Waals surface area contributed by atoms with Gasteiger partial charge in [-0.1, -0.05) is 134 Å². The highest BCUT2D eigenvalue weighted by Gasteiger charge is 2.51. The second-order valence-corrected chi connectivity index (χ2v) is 14.1. The van der Waals surface area contributed by atoms with Crippen LogP contribution in [0.3, 0.4) is 0 Å². The van der Waals surface area contributed by atoms with E-state index in [0.717, 1.165) is 39.7 Å². The number of hydrogen-bond donors (Lipinski definition) is 0. The largest absolute Gasteiger partial charge is 0.455 e. The molecule has 0 saturated heterocycles. The number of furan rings is 1. The van der Waals surface area contributed by atoms with E-state index < -0.39 is 5.41 Å². The molecule has 11 rings (SSSR count). The van der Waals surface area contributed by atoms with Gasteiger partial charge < -0.3 is 9.32 Å². The fraction of sp³-hybridized carbons (Fsp3) is 0.0833. The lowest BCUT2D eigenvalue weighted by Gasteiger charge is -2.40. The summed E-state index contributed by atoms with van der Waals surface area (Å²) < 4.78 is 6.86. The van der Waals surface area contributed by atoms with Crippen molar-refractivity contribution < 1.29 is 4.42 Å². The van der Waals surface area contributed by atoms with E-state index in [9.17, 15) is 0 Å². The molecule has 2 atom stereocenters. The zero-order valence-electron chi connectivity index (χ0n) is 27.7. The molecule has 3 aliphatic carbocycles. The van der Waals surface area contributed by atoms with Crippen LogP contribution in [0.2, 0.25) is 0 Å². The summed E-state index contributed by atoms with van der Waals surface area (Å²) in [5.74, 6) is 0.469. The normalized spacial score (nSPS) is 18.3. The van der Waals surface area contributed by atoms with Gasteiger partial charge in [0.25, 0.3) is 0 Å². The van der Waals surface area contributed by atoms with Crippen LogP contribution < -0.4 is 4.90 Å². The fourth-order valence-electron chi connectivity index (χ4n) is 9.35. The predicted molar refractivity (Wildman–Crippen MR) is 207 cm³/mol. The molecule has 1 spiro atoms. The lowest BCUT2D eigenvalue weighted by atomic mass is 9.61. The van der Waals surface area contributed by atoms with Crippen molar-refractivity contribution in [2.24, 2.45) is 5.92 Å². The summed E-state index contributed by atoms with van der Waals surface area (Å²) in [4.78, 5) is 2.43. The van der Waals surface area contributed by atoms with Crippen molar-refractivity contribution in [1.29, 1.82) is 0 Å². The first-order chi connectivity index (χ1) is 24.7. The van der Waals surface area contributed by atoms with E-state index in [0.29, 0.717) is 5.92 Å². The number of fused-ring (bicyclic) bond motifs is 13. The summed E-state index contributed by atoms with van der Waals surface area (Å²) in [6, 6.07) is 53.8. The van der Waals surface area contributed by atoms with Gasteiger partial charge in [-0.25, -0.2) is 0 Å². The summed E-state index contributed by atoms with van der Waals surface area (Å²) in [5, 5.41) is 4.86. The van der Waals surface area contributed by atoms with Gasteiger partial charge in [0, 0.05) is 33.4 Å². The smallest absolute Gasteiger partial charge is 0.143 e. The van der Waals surface area contributed by atoms with E-state index in [4.69, 9.17) is 4.42 Å². The molecule has 0 fully saturated rings. The molecule has 50 heavy (non-hydrogen) atoms. The van der Waals surface area contributed by atoms with Gasteiger partial charge in [0.05, 0.1) is 5.41 Å². The molecule has 0 aliphatic heterocycles. The third-order valence-electron chi connectivity index (χ3n) is 11.3. The van der Waals surface area contributed by atoms with Crippen molar-refractivity contribution >= 4 is 44.1 Å². The number of para-hydroxylation sites is 2. The Bertz CT molecular complexity index is 2760. The van der Waals surface area contributed by atoms with Gasteiger partial charge in [-0.2, -0.15) is 0 Å². The second kappa shape index (κ2) is 10.2. The molecule has 0 radical (unpaired) electrons. The Morgan fingerprint density at radius 1 is 0.600 bits per heavy atom. The molecule has 0 amide bonds. The molecule has 2 unspecified atom stereocenters. The maximum Gasteiger partial charge on any atom is 0.143 e. The second-order valence-electron chi connectivity index (χ2n) is 14.1. The molecular formula is C48H33NO. The predicted octanol–water partition coefficient (Wildman–Crippen LogP) is 12.7. The topological polar surface area (TPSA) is 16.4 Å². The third kappa shape index (κ3) is 3.58. The van der Waals surface area contributed by atoms with Gasteiger partial charge in [-0.3, -0.25) is 0 Å². The van der Waals surface area contributed by atoms with Gasteiger partial charge >= 0.3 is 0 Å². The Morgan fingerprint density at radius 2 is 1.36 bits per heavy atom. The Balaban J connectivity index is 1.29. The first-order valence-electron chi connectivity index (χ1n) is 17.7. The highest BCUT2D eigenvalue weighted by molar-refractivity contribution is 6.16. The van der Waals surface area contributed by atoms with E-state index in [1.807, 2.05) is 0 Å². The third-order valence-corrected chi connectivity index (χ3v) is 11.3. The molecular weight excluding hydrogens is 607 g/mol. The van der Waals surface area contributed by atoms with Crippen LogP contribution in [0.1, 0.15) is 35.6 Å². The summed E-state index contributed by atoms with van der Waals surface area (Å²) in [7, 11) is 0. The zero-order valence-corrected chi connectivity index (χ0v) is 27.7. The summed E-state index contributed by atoms with van der Waals surface area (Å²) >= 11 is 0. The van der Waals surface area contributed by atoms with Crippen LogP contribution in [-0.4, -0.2) is 0 Å². The van der Waals surface area contributed by atoms with E-state index >= 15 is 0 Å². The van der Waals surface area contributed by atoms with Crippen LogP contribution in [0.5, 0.6) is 0 Å². The van der Waals surface area contributed by atoms with Crippen LogP contribution in [0.15, 0.2) is 174 Å². The monoisotopic (exact) mass is 639 g/mol. The van der Waals surface area contributed by atoms with E-state index in [1.165, 1.54) is 61.0 Å². The molecule has 3 aliphatic rings. The Hall–Kier alpha value is -6.12. The number of anilines is 2. The number of benzene rings is 7. The first-order valence-corrected chi connectivity index (χ1v) is 17.7. The van der Waals surface area contributed by atoms with Gasteiger partial charge in [0.1, 0.15) is 11.2 Å². The Morgan fingerprint density at radius 3 is 2.26 bits per heavy atom. The zero-order chi connectivity index (χ0) is 33.0. The van der Waals surface area contributed by atoms with Crippen LogP contribution in [-0.2, 0) is 5.41 Å². The molecule has 1 heterocycles. The quantitative estimate of drug-likeness (QED) is 0.191. The van der Waals surface area contributed by atoms with Crippen molar-refractivity contribution in [3.05, 3.63) is 192 Å². The highest BCUT2D eigenvalue weighted by Crippen LogP contribution is 2.63. The number of hydrogen-bond acceptors (Lipinski definition) is 2. The highest BCUT2D eigenvalue weighted by atomic mass is 16.3. The van der Waals surface area contributed by atoms with E-state index in [2.05, 4.69) is 176 Å². The molecule has 1 aromatic heterocycles. The number of nitrogens with zero attached hydrogens (tertiary/aromatic N) is 1. The van der Waals surface area contributed by atoms with E-state index in [1.54, 1.807) is 0 Å². The maximum atomic E-state index is 6.86. The van der Waals surface area contributed by atoms with Gasteiger partial charge in [0.2, 0.25) is 0 Å². The maximum absolute atomic E-state index is 6.86. The molecule has 7 aromatic carbocycles. The molecule has 2 nitrogen and oxygen atoms in total. The fourth-order valence-corrected chi connectivity index (χ4v) is 9.35. The standard InChI is InChI=1S/C48H33NO/c1-30-12-9-17-33(28-30)49(32-15-3-2-4-16-32)34-24-25-36-35-18-5-7-21-40(35)48(43(36)29-34)41-22-11-14-31-13-10-20-39(45(31)41)46-42(48)27-26-38-37-19-6-8-23-44(37)50-47(38)46/h2-11,13-30H,12H2,1H3. The van der Waals surface area contributed by atoms with Crippen molar-refractivity contribution in [2.45, 2.75) is 18.8 Å². The van der Waals surface area contributed by atoms with Crippen molar-refractivity contribution in [2.75, 3.05) is 4.90 Å². The number of allylic oxidation sites excluding steroid dienone is 3. The van der Waals surface area contributed by atoms with E-state index in [-0.39, 0.29) is 0 Å². The van der Waals surface area contributed by atoms with Gasteiger partial charge in [-0.05, 0) is 98.5 Å². The van der Waals surface area contributed by atoms with Crippen LogP contribution in [0.4, 0.5) is 11.4 Å². The van der Waals surface area contributed by atoms with Gasteiger partial charge in [0.15, 0.2) is 0 Å². The first kappa shape index (κ1) is 27.8. The SMILES string of the molecule is CC1C=C(N(c2ccccc2)c2ccc3c(c2)C2(c4ccccc4-3)c3ccc4c(oc5ccccc54)c3-c3cccc4cccc2c34)C=CC1. The summed E-state index contributed by atoms with van der Waals surface area (Å²) in [6.07, 6.45) is 8.07. The summed E-state index contributed by atoms with van der Waals surface area (Å²) in [6.45, 7) is 2.30. The van der Waals surface area contributed by atoms with Crippen LogP contribution in [0.25, 0.3) is 55.0 Å². The lowest BCUT2D eigenvalue weighted by molar-refractivity contribution is 0.667. The molecule has 2 heteroatoms. The van der Waals surface area contributed by atoms with Crippen LogP contribution >= 0.6 is 0 Å². The average Bonchev–Trinajstić information content (AvgIpc) is 3.68. The number of rotatable bonds is 3. The van der Waals surface area contributed by atoms with Crippen molar-refractivity contribution in [3.8, 4) is 22.3 Å². The molecule has 0 bridgehead atoms. The minimum atomic E-state index is -0.551. The lowest BCUT2D eigenvalue weighted by Crippen LogP contribution is -2.32. The molecule has 236 valence electrons. The molecule has 0 saturated carbocycles. The minimum absolute atomic E-state index is 0.469. The Kier molecular flexibility index (Phi) is 5.67. The Labute approximate surface area is 291 Å². The van der Waals surface area contributed by atoms with Crippen LogP contribution in [0, 0.1) is 5.92 Å². The van der Waals surface area contributed by atoms with Crippen molar-refractivity contribution in [3.63, 3.8) is 0 Å². The minimum Gasteiger partial charge on any atom is -0.455 e. The van der Waals surface area contributed by atoms with Gasteiger partial charge in [-0.15, -0.1) is 0 Å². The molecule has 0 N–H and O–H groups in total. The average molecular weight is 640 g/mol. The summed E-state index contributed by atoms with van der Waals surface area (Å²) in [5.41, 5.74) is 15.1.